The molecule has 0 aromatic carbocycles. The zero-order valence-electron chi connectivity index (χ0n) is 14.1. The quantitative estimate of drug-likeness (QED) is 0.735. The lowest BCUT2D eigenvalue weighted by atomic mass is 10.4. The number of nitrogens with zero attached hydrogens (tertiary/aromatic N) is 3. The van der Waals surface area contributed by atoms with E-state index in [1.165, 1.54) is 4.90 Å². The van der Waals surface area contributed by atoms with Gasteiger partial charge in [0, 0.05) is 25.0 Å². The normalized spacial score (nSPS) is 13.4. The number of rotatable bonds is 6. The van der Waals surface area contributed by atoms with E-state index in [0.29, 0.717) is 24.7 Å². The smallest absolute Gasteiger partial charge is 0.248 e. The number of oxazole rings is 1. The first-order valence-electron chi connectivity index (χ1n) is 7.79. The Morgan fingerprint density at radius 1 is 1.44 bits per heavy atom. The van der Waals surface area contributed by atoms with Crippen LogP contribution in [0.4, 0.5) is 0 Å². The molecule has 0 atom stereocenters. The molecule has 0 spiro atoms. The highest BCUT2D eigenvalue weighted by Crippen LogP contribution is 2.24. The minimum atomic E-state index is -0.117. The maximum atomic E-state index is 12.2. The highest BCUT2D eigenvalue weighted by Gasteiger charge is 2.27. The molecular weight excluding hydrogens is 342 g/mol. The van der Waals surface area contributed by atoms with Gasteiger partial charge in [-0.1, -0.05) is 6.07 Å². The Balaban J connectivity index is 1.50. The van der Waals surface area contributed by atoms with Gasteiger partial charge in [-0.3, -0.25) is 9.59 Å². The van der Waals surface area contributed by atoms with Gasteiger partial charge in [-0.2, -0.15) is 0 Å². The number of amides is 2. The zero-order valence-corrected chi connectivity index (χ0v) is 14.9. The summed E-state index contributed by atoms with van der Waals surface area (Å²) in [5.74, 6) is 0.914. The molecule has 2 aromatic rings. The molecule has 3 rings (SSSR count). The van der Waals surface area contributed by atoms with Gasteiger partial charge in [-0.15, -0.1) is 11.3 Å². The minimum Gasteiger partial charge on any atom is -0.441 e. The third-order valence-corrected chi connectivity index (χ3v) is 4.53. The number of ether oxygens (including phenoxy) is 1. The Kier molecular flexibility index (Phi) is 5.30. The van der Waals surface area contributed by atoms with E-state index in [-0.39, 0.29) is 25.0 Å². The molecular formula is C17H19N3O4S. The largest absolute Gasteiger partial charge is 0.441 e. The lowest BCUT2D eigenvalue weighted by Gasteiger charge is -2.12. The van der Waals surface area contributed by atoms with Gasteiger partial charge < -0.3 is 19.0 Å². The second kappa shape index (κ2) is 7.62. The van der Waals surface area contributed by atoms with Gasteiger partial charge in [0.25, 0.3) is 0 Å². The number of likely N-dealkylation sites (N-methyl/N-ethyl adjacent to an activating group) is 1. The highest BCUT2D eigenvalue weighted by molar-refractivity contribution is 7.10. The molecule has 1 aliphatic heterocycles. The Morgan fingerprint density at radius 3 is 2.96 bits per heavy atom. The van der Waals surface area contributed by atoms with E-state index in [9.17, 15) is 9.59 Å². The molecule has 7 nitrogen and oxygen atoms in total. The van der Waals surface area contributed by atoms with E-state index in [1.807, 2.05) is 23.6 Å². The van der Waals surface area contributed by atoms with Gasteiger partial charge in [0.15, 0.2) is 0 Å². The molecule has 132 valence electrons. The van der Waals surface area contributed by atoms with Crippen molar-refractivity contribution in [1.82, 2.24) is 14.8 Å². The summed E-state index contributed by atoms with van der Waals surface area (Å²) < 4.78 is 10.9. The highest BCUT2D eigenvalue weighted by atomic mass is 32.1. The van der Waals surface area contributed by atoms with Crippen molar-refractivity contribution < 1.29 is 18.7 Å². The predicted octanol–water partition coefficient (Wildman–Crippen LogP) is 1.90. The van der Waals surface area contributed by atoms with Crippen LogP contribution in [0.25, 0.3) is 6.08 Å². The summed E-state index contributed by atoms with van der Waals surface area (Å²) in [5.41, 5.74) is 0.746. The van der Waals surface area contributed by atoms with Gasteiger partial charge in [0.05, 0.1) is 13.1 Å². The Morgan fingerprint density at radius 2 is 2.28 bits per heavy atom. The third kappa shape index (κ3) is 4.34. The van der Waals surface area contributed by atoms with Crippen molar-refractivity contribution in [3.05, 3.63) is 45.8 Å². The van der Waals surface area contributed by atoms with Gasteiger partial charge in [0.2, 0.25) is 17.7 Å². The number of thiophene rings is 1. The molecule has 2 aromatic heterocycles. The van der Waals surface area contributed by atoms with Gasteiger partial charge in [-0.05, 0) is 17.5 Å². The van der Waals surface area contributed by atoms with Crippen molar-refractivity contribution >= 4 is 29.2 Å². The van der Waals surface area contributed by atoms with E-state index >= 15 is 0 Å². The molecule has 8 heteroatoms. The molecule has 0 fully saturated rings. The van der Waals surface area contributed by atoms with Crippen molar-refractivity contribution in [1.29, 1.82) is 0 Å². The average Bonchev–Trinajstić information content (AvgIpc) is 3.28. The third-order valence-electron chi connectivity index (χ3n) is 3.69. The minimum absolute atomic E-state index is 0.0157. The summed E-state index contributed by atoms with van der Waals surface area (Å²) in [6, 6.07) is 3.90. The van der Waals surface area contributed by atoms with Crippen molar-refractivity contribution in [2.45, 2.75) is 19.7 Å². The number of hydrogen-bond donors (Lipinski definition) is 0. The maximum absolute atomic E-state index is 12.2. The Bertz CT molecular complexity index is 756. The van der Waals surface area contributed by atoms with Gasteiger partial charge in [-0.25, -0.2) is 4.98 Å². The van der Waals surface area contributed by atoms with Crippen LogP contribution in [0.5, 0.6) is 0 Å². The summed E-state index contributed by atoms with van der Waals surface area (Å²) in [5, 5.41) is 1.97. The first kappa shape index (κ1) is 17.4. The predicted molar refractivity (Wildman–Crippen MR) is 92.5 cm³/mol. The van der Waals surface area contributed by atoms with Crippen LogP contribution in [-0.2, 0) is 34.0 Å². The zero-order chi connectivity index (χ0) is 17.8. The molecule has 1 aliphatic rings. The van der Waals surface area contributed by atoms with Crippen LogP contribution in [0, 0.1) is 0 Å². The van der Waals surface area contributed by atoms with Gasteiger partial charge in [0.1, 0.15) is 24.7 Å². The second-order valence-electron chi connectivity index (χ2n) is 5.80. The van der Waals surface area contributed by atoms with E-state index in [4.69, 9.17) is 9.15 Å². The number of fused-ring (bicyclic) bond motifs is 1. The average molecular weight is 361 g/mol. The fourth-order valence-corrected chi connectivity index (χ4v) is 2.93. The summed E-state index contributed by atoms with van der Waals surface area (Å²) >= 11 is 1.58. The van der Waals surface area contributed by atoms with E-state index in [2.05, 4.69) is 4.98 Å². The summed E-state index contributed by atoms with van der Waals surface area (Å²) in [6.45, 7) is 0.937. The summed E-state index contributed by atoms with van der Waals surface area (Å²) in [7, 11) is 3.34. The van der Waals surface area contributed by atoms with Crippen LogP contribution in [0.15, 0.2) is 28.0 Å². The molecule has 2 amide bonds. The Hall–Kier alpha value is -2.45. The van der Waals surface area contributed by atoms with E-state index < -0.39 is 0 Å². The summed E-state index contributed by atoms with van der Waals surface area (Å²) in [4.78, 5) is 32.2. The topological polar surface area (TPSA) is 75.9 Å². The van der Waals surface area contributed by atoms with Crippen LogP contribution in [0.2, 0.25) is 0 Å². The fourth-order valence-electron chi connectivity index (χ4n) is 2.31. The number of carbonyl (C=O) groups excluding carboxylic acids is 2. The molecule has 0 N–H and O–H groups in total. The van der Waals surface area contributed by atoms with Gasteiger partial charge >= 0.3 is 0 Å². The van der Waals surface area contributed by atoms with Crippen molar-refractivity contribution in [2.75, 3.05) is 20.7 Å². The summed E-state index contributed by atoms with van der Waals surface area (Å²) in [6.07, 6.45) is 3.37. The van der Waals surface area contributed by atoms with Crippen molar-refractivity contribution in [2.24, 2.45) is 0 Å². The van der Waals surface area contributed by atoms with Crippen molar-refractivity contribution in [3.8, 4) is 0 Å². The lowest BCUT2D eigenvalue weighted by molar-refractivity contribution is -0.134. The van der Waals surface area contributed by atoms with Crippen LogP contribution in [-0.4, -0.2) is 47.3 Å². The molecule has 0 unspecified atom stereocenters. The first-order valence-corrected chi connectivity index (χ1v) is 8.66. The van der Waals surface area contributed by atoms with Crippen LogP contribution in [0.3, 0.4) is 0 Å². The molecule has 25 heavy (non-hydrogen) atoms. The van der Waals surface area contributed by atoms with E-state index in [0.717, 1.165) is 10.6 Å². The monoisotopic (exact) mass is 361 g/mol. The molecule has 0 radical (unpaired) electrons. The van der Waals surface area contributed by atoms with Crippen LogP contribution < -0.4 is 0 Å². The molecule has 0 aliphatic carbocycles. The fraction of sp³-hybridized carbons (Fsp3) is 0.353. The van der Waals surface area contributed by atoms with Crippen LogP contribution >= 0.6 is 11.3 Å². The Labute approximate surface area is 149 Å². The first-order chi connectivity index (χ1) is 12.0. The van der Waals surface area contributed by atoms with E-state index in [1.54, 1.807) is 36.4 Å². The standard InChI is InChI=1S/C17H19N3O4S/c1-19(2)17(22)11-23-10-15-18-13-8-20(9-14(13)24-15)16(21)6-5-12-4-3-7-25-12/h3-7H,8-11H2,1-2H3/b6-5+. The molecule has 0 saturated heterocycles. The SMILES string of the molecule is CN(C)C(=O)COCc1nc2c(o1)CN(C(=O)/C=C/c1cccs1)C2. The number of hydrogen-bond acceptors (Lipinski definition) is 6. The second-order valence-corrected chi connectivity index (χ2v) is 6.78. The van der Waals surface area contributed by atoms with Crippen molar-refractivity contribution in [3.63, 3.8) is 0 Å². The lowest BCUT2D eigenvalue weighted by Crippen LogP contribution is -2.26. The molecule has 3 heterocycles. The number of aromatic nitrogens is 1. The van der Waals surface area contributed by atoms with Crippen LogP contribution in [0.1, 0.15) is 22.2 Å². The molecule has 0 bridgehead atoms. The maximum Gasteiger partial charge on any atom is 0.248 e. The number of carbonyl (C=O) groups is 2. The molecule has 0 saturated carbocycles.